The van der Waals surface area contributed by atoms with Gasteiger partial charge in [-0.15, -0.1) is 0 Å². The fourth-order valence-corrected chi connectivity index (χ4v) is 2.69. The van der Waals surface area contributed by atoms with Gasteiger partial charge in [-0.2, -0.15) is 0 Å². The third-order valence-electron chi connectivity index (χ3n) is 2.91. The zero-order valence-electron chi connectivity index (χ0n) is 11.0. The molecule has 20 heavy (non-hydrogen) atoms. The molecule has 0 aliphatic rings. The summed E-state index contributed by atoms with van der Waals surface area (Å²) < 4.78 is 0. The predicted octanol–water partition coefficient (Wildman–Crippen LogP) is 2.79. The minimum absolute atomic E-state index is 0.414. The largest absolute Gasteiger partial charge is 0.481 e. The first-order valence-corrected chi connectivity index (χ1v) is 7.01. The average molecular weight is 289 g/mol. The molecule has 0 radical (unpaired) electrons. The Hall–Kier alpha value is -2.08. The van der Waals surface area contributed by atoms with E-state index in [1.165, 1.54) is 11.8 Å². The number of nitrogen functional groups attached to an aromatic ring is 1. The number of hydrogen-bond donors (Lipinski definition) is 2. The molecule has 3 N–H and O–H groups in total. The molecule has 0 saturated heterocycles. The van der Waals surface area contributed by atoms with Gasteiger partial charge in [-0.05, 0) is 41.9 Å². The van der Waals surface area contributed by atoms with E-state index in [4.69, 9.17) is 5.73 Å². The van der Waals surface area contributed by atoms with Gasteiger partial charge in [0, 0.05) is 12.4 Å². The highest BCUT2D eigenvalue weighted by Crippen LogP contribution is 2.34. The Morgan fingerprint density at radius 3 is 2.75 bits per heavy atom. The molecule has 0 spiro atoms. The standard InChI is InChI=1S/C14H15N3O2S/c1-2-9(14(18)19)10-6-8-17-13(12(10)15)20-11-5-3-4-7-16-11/h3-9H,2,15H2,1H3,(H,18,19). The van der Waals surface area contributed by atoms with E-state index in [2.05, 4.69) is 9.97 Å². The summed E-state index contributed by atoms with van der Waals surface area (Å²) in [6, 6.07) is 7.23. The highest BCUT2D eigenvalue weighted by Gasteiger charge is 2.22. The monoisotopic (exact) mass is 289 g/mol. The minimum Gasteiger partial charge on any atom is -0.481 e. The Balaban J connectivity index is 2.34. The Morgan fingerprint density at radius 1 is 1.35 bits per heavy atom. The van der Waals surface area contributed by atoms with E-state index < -0.39 is 11.9 Å². The van der Waals surface area contributed by atoms with Crippen LogP contribution in [0.5, 0.6) is 0 Å². The number of aromatic nitrogens is 2. The SMILES string of the molecule is CCC(C(=O)O)c1ccnc(Sc2ccccn2)c1N. The van der Waals surface area contributed by atoms with Crippen molar-refractivity contribution in [3.8, 4) is 0 Å². The molecule has 0 aromatic carbocycles. The fourth-order valence-electron chi connectivity index (χ4n) is 1.89. The molecule has 0 amide bonds. The molecule has 0 saturated carbocycles. The number of carboxylic acids is 1. The zero-order valence-corrected chi connectivity index (χ0v) is 11.8. The van der Waals surface area contributed by atoms with Crippen molar-refractivity contribution < 1.29 is 9.90 Å². The molecule has 2 aromatic heterocycles. The molecule has 5 nitrogen and oxygen atoms in total. The Morgan fingerprint density at radius 2 is 2.15 bits per heavy atom. The molecule has 0 aliphatic heterocycles. The quantitative estimate of drug-likeness (QED) is 0.879. The maximum Gasteiger partial charge on any atom is 0.311 e. The van der Waals surface area contributed by atoms with Gasteiger partial charge in [0.2, 0.25) is 0 Å². The van der Waals surface area contributed by atoms with Crippen LogP contribution in [0.1, 0.15) is 24.8 Å². The minimum atomic E-state index is -0.876. The number of nitrogens with two attached hydrogens (primary N) is 1. The molecule has 0 fully saturated rings. The summed E-state index contributed by atoms with van der Waals surface area (Å²) in [6.07, 6.45) is 3.76. The van der Waals surface area contributed by atoms with Gasteiger partial charge in [0.1, 0.15) is 10.1 Å². The number of nitrogens with zero attached hydrogens (tertiary/aromatic N) is 2. The number of aliphatic carboxylic acids is 1. The number of rotatable bonds is 5. The number of carboxylic acid groups (broad SMARTS) is 1. The van der Waals surface area contributed by atoms with Gasteiger partial charge in [0.25, 0.3) is 0 Å². The van der Waals surface area contributed by atoms with Gasteiger partial charge in [0.05, 0.1) is 11.6 Å². The van der Waals surface area contributed by atoms with E-state index in [-0.39, 0.29) is 0 Å². The van der Waals surface area contributed by atoms with E-state index in [0.29, 0.717) is 22.7 Å². The van der Waals surface area contributed by atoms with Gasteiger partial charge in [-0.3, -0.25) is 4.79 Å². The lowest BCUT2D eigenvalue weighted by Crippen LogP contribution is -2.13. The molecule has 1 atom stereocenters. The summed E-state index contributed by atoms with van der Waals surface area (Å²) in [7, 11) is 0. The smallest absolute Gasteiger partial charge is 0.311 e. The van der Waals surface area contributed by atoms with Crippen molar-refractivity contribution in [2.45, 2.75) is 29.3 Å². The average Bonchev–Trinajstić information content (AvgIpc) is 2.44. The van der Waals surface area contributed by atoms with Crippen LogP contribution in [-0.4, -0.2) is 21.0 Å². The zero-order chi connectivity index (χ0) is 14.5. The Kier molecular flexibility index (Phi) is 4.57. The molecule has 0 aliphatic carbocycles. The number of anilines is 1. The molecule has 104 valence electrons. The molecule has 2 aromatic rings. The maximum atomic E-state index is 11.3. The highest BCUT2D eigenvalue weighted by molar-refractivity contribution is 7.99. The maximum absolute atomic E-state index is 11.3. The van der Waals surface area contributed by atoms with E-state index in [1.54, 1.807) is 18.5 Å². The van der Waals surface area contributed by atoms with Crippen LogP contribution < -0.4 is 5.73 Å². The first-order chi connectivity index (χ1) is 9.63. The summed E-state index contributed by atoms with van der Waals surface area (Å²) in [5.74, 6) is -1.49. The Bertz CT molecular complexity index is 605. The molecule has 0 bridgehead atoms. The Labute approximate surface area is 121 Å². The second-order valence-corrected chi connectivity index (χ2v) is 5.20. The van der Waals surface area contributed by atoms with Crippen LogP contribution in [0.4, 0.5) is 5.69 Å². The lowest BCUT2D eigenvalue weighted by molar-refractivity contribution is -0.138. The first kappa shape index (κ1) is 14.3. The van der Waals surface area contributed by atoms with Crippen molar-refractivity contribution in [3.63, 3.8) is 0 Å². The molecular formula is C14H15N3O2S. The summed E-state index contributed by atoms with van der Waals surface area (Å²) in [6.45, 7) is 1.82. The lowest BCUT2D eigenvalue weighted by atomic mass is 9.96. The van der Waals surface area contributed by atoms with Gasteiger partial charge in [0.15, 0.2) is 0 Å². The van der Waals surface area contributed by atoms with Crippen LogP contribution in [0.25, 0.3) is 0 Å². The van der Waals surface area contributed by atoms with Crippen LogP contribution in [0.3, 0.4) is 0 Å². The van der Waals surface area contributed by atoms with E-state index >= 15 is 0 Å². The van der Waals surface area contributed by atoms with Gasteiger partial charge in [-0.25, -0.2) is 9.97 Å². The molecule has 2 heterocycles. The molecule has 1 unspecified atom stereocenters. The van der Waals surface area contributed by atoms with Gasteiger partial charge in [-0.1, -0.05) is 13.0 Å². The van der Waals surface area contributed by atoms with Crippen molar-refractivity contribution >= 4 is 23.4 Å². The van der Waals surface area contributed by atoms with E-state index in [0.717, 1.165) is 5.03 Å². The fraction of sp³-hybridized carbons (Fsp3) is 0.214. The van der Waals surface area contributed by atoms with E-state index in [1.807, 2.05) is 25.1 Å². The second kappa shape index (κ2) is 6.38. The van der Waals surface area contributed by atoms with Crippen LogP contribution in [0, 0.1) is 0 Å². The van der Waals surface area contributed by atoms with Crippen LogP contribution in [0.15, 0.2) is 46.7 Å². The molecular weight excluding hydrogens is 274 g/mol. The van der Waals surface area contributed by atoms with Gasteiger partial charge >= 0.3 is 5.97 Å². The third kappa shape index (κ3) is 3.08. The normalized spacial score (nSPS) is 12.1. The third-order valence-corrected chi connectivity index (χ3v) is 3.88. The summed E-state index contributed by atoms with van der Waals surface area (Å²) in [5.41, 5.74) is 7.09. The number of pyridine rings is 2. The van der Waals surface area contributed by atoms with Crippen molar-refractivity contribution in [3.05, 3.63) is 42.2 Å². The van der Waals surface area contributed by atoms with Crippen molar-refractivity contribution in [1.82, 2.24) is 9.97 Å². The highest BCUT2D eigenvalue weighted by atomic mass is 32.2. The van der Waals surface area contributed by atoms with Crippen molar-refractivity contribution in [2.75, 3.05) is 5.73 Å². The topological polar surface area (TPSA) is 89.1 Å². The van der Waals surface area contributed by atoms with E-state index in [9.17, 15) is 9.90 Å². The summed E-state index contributed by atoms with van der Waals surface area (Å²) >= 11 is 1.33. The molecule has 6 heteroatoms. The summed E-state index contributed by atoms with van der Waals surface area (Å²) in [4.78, 5) is 19.7. The van der Waals surface area contributed by atoms with Crippen LogP contribution >= 0.6 is 11.8 Å². The number of carbonyl (C=O) groups is 1. The number of hydrogen-bond acceptors (Lipinski definition) is 5. The van der Waals surface area contributed by atoms with Gasteiger partial charge < -0.3 is 10.8 Å². The molecule has 2 rings (SSSR count). The van der Waals surface area contributed by atoms with Crippen molar-refractivity contribution in [1.29, 1.82) is 0 Å². The van der Waals surface area contributed by atoms with Crippen molar-refractivity contribution in [2.24, 2.45) is 0 Å². The first-order valence-electron chi connectivity index (χ1n) is 6.19. The lowest BCUT2D eigenvalue weighted by Gasteiger charge is -2.14. The van der Waals surface area contributed by atoms with Crippen LogP contribution in [-0.2, 0) is 4.79 Å². The van der Waals surface area contributed by atoms with Crippen LogP contribution in [0.2, 0.25) is 0 Å². The second-order valence-electron chi connectivity index (χ2n) is 4.19. The predicted molar refractivity (Wildman–Crippen MR) is 77.7 cm³/mol. The summed E-state index contributed by atoms with van der Waals surface area (Å²) in [5, 5.41) is 10.6.